The second kappa shape index (κ2) is 3.37. The van der Waals surface area contributed by atoms with Crippen LogP contribution in [0.5, 0.6) is 0 Å². The molecule has 0 saturated heterocycles. The van der Waals surface area contributed by atoms with E-state index in [1.165, 1.54) is 6.07 Å². The minimum absolute atomic E-state index is 0.102. The van der Waals surface area contributed by atoms with Gasteiger partial charge < -0.3 is 10.8 Å². The fourth-order valence-corrected chi connectivity index (χ4v) is 1.48. The zero-order valence-electron chi connectivity index (χ0n) is 5.91. The Kier molecular flexibility index (Phi) is 2.64. The first kappa shape index (κ1) is 9.41. The normalized spacial score (nSPS) is 9.83. The van der Waals surface area contributed by atoms with Crippen molar-refractivity contribution < 1.29 is 9.90 Å². The average molecular weight is 248 g/mol. The monoisotopic (exact) mass is 247 g/mol. The first-order valence-corrected chi connectivity index (χ1v) is 4.27. The fourth-order valence-electron chi connectivity index (χ4n) is 0.783. The average Bonchev–Trinajstić information content (AvgIpc) is 1.96. The van der Waals surface area contributed by atoms with Crippen molar-refractivity contribution >= 4 is 40.2 Å². The molecule has 0 aliphatic rings. The number of aromatic carboxylic acids is 1. The predicted octanol–water partition coefficient (Wildman–Crippen LogP) is 2.02. The highest BCUT2D eigenvalue weighted by Gasteiger charge is 2.10. The standard InChI is InChI=1S/C7H6BrNO2S/c8-3-1-4(7(10)11)6(12)5(9)2-3/h1-2,12H,9H2,(H,10,11). The van der Waals surface area contributed by atoms with Crippen molar-refractivity contribution in [1.82, 2.24) is 0 Å². The Morgan fingerprint density at radius 3 is 2.67 bits per heavy atom. The number of halogens is 1. The van der Waals surface area contributed by atoms with Crippen LogP contribution in [0.4, 0.5) is 5.69 Å². The summed E-state index contributed by atoms with van der Waals surface area (Å²) in [5.41, 5.74) is 5.94. The number of hydrogen-bond acceptors (Lipinski definition) is 3. The van der Waals surface area contributed by atoms with Gasteiger partial charge in [0, 0.05) is 15.1 Å². The van der Waals surface area contributed by atoms with Gasteiger partial charge in [-0.3, -0.25) is 0 Å². The lowest BCUT2D eigenvalue weighted by Crippen LogP contribution is -2.00. The number of anilines is 1. The third-order valence-corrected chi connectivity index (χ3v) is 2.29. The molecule has 1 aromatic rings. The maximum atomic E-state index is 10.6. The molecule has 0 saturated carbocycles. The van der Waals surface area contributed by atoms with E-state index in [9.17, 15) is 4.79 Å². The van der Waals surface area contributed by atoms with Gasteiger partial charge in [-0.05, 0) is 12.1 Å². The molecular weight excluding hydrogens is 242 g/mol. The number of nitrogens with two attached hydrogens (primary N) is 1. The molecular formula is C7H6BrNO2S. The largest absolute Gasteiger partial charge is 0.478 e. The zero-order chi connectivity index (χ0) is 9.30. The van der Waals surface area contributed by atoms with E-state index in [-0.39, 0.29) is 5.56 Å². The van der Waals surface area contributed by atoms with Gasteiger partial charge in [-0.1, -0.05) is 15.9 Å². The Morgan fingerprint density at radius 1 is 1.58 bits per heavy atom. The first-order valence-electron chi connectivity index (χ1n) is 3.03. The molecule has 0 atom stereocenters. The molecule has 64 valence electrons. The molecule has 1 aromatic carbocycles. The van der Waals surface area contributed by atoms with Gasteiger partial charge in [0.25, 0.3) is 0 Å². The maximum Gasteiger partial charge on any atom is 0.336 e. The van der Waals surface area contributed by atoms with Crippen LogP contribution in [0.3, 0.4) is 0 Å². The molecule has 0 heterocycles. The Morgan fingerprint density at radius 2 is 2.17 bits per heavy atom. The van der Waals surface area contributed by atoms with E-state index in [0.29, 0.717) is 15.1 Å². The van der Waals surface area contributed by atoms with Crippen LogP contribution in [0.15, 0.2) is 21.5 Å². The third-order valence-electron chi connectivity index (χ3n) is 1.33. The van der Waals surface area contributed by atoms with E-state index >= 15 is 0 Å². The van der Waals surface area contributed by atoms with Crippen molar-refractivity contribution in [2.45, 2.75) is 4.90 Å². The molecule has 5 heteroatoms. The van der Waals surface area contributed by atoms with E-state index in [1.54, 1.807) is 6.07 Å². The number of carboxylic acid groups (broad SMARTS) is 1. The molecule has 0 radical (unpaired) electrons. The number of rotatable bonds is 1. The van der Waals surface area contributed by atoms with Gasteiger partial charge in [-0.15, -0.1) is 12.6 Å². The maximum absolute atomic E-state index is 10.6. The highest BCUT2D eigenvalue weighted by molar-refractivity contribution is 9.10. The Labute approximate surface area is 83.1 Å². The van der Waals surface area contributed by atoms with E-state index in [0.717, 1.165) is 0 Å². The summed E-state index contributed by atoms with van der Waals surface area (Å²) >= 11 is 7.11. The number of benzene rings is 1. The molecule has 1 rings (SSSR count). The summed E-state index contributed by atoms with van der Waals surface area (Å²) in [6, 6.07) is 3.07. The minimum atomic E-state index is -1.03. The van der Waals surface area contributed by atoms with Gasteiger partial charge in [0.05, 0.1) is 5.56 Å². The summed E-state index contributed by atoms with van der Waals surface area (Å²) in [7, 11) is 0. The van der Waals surface area contributed by atoms with E-state index in [2.05, 4.69) is 28.6 Å². The number of nitrogen functional groups attached to an aromatic ring is 1. The van der Waals surface area contributed by atoms with Crippen molar-refractivity contribution in [3.8, 4) is 0 Å². The van der Waals surface area contributed by atoms with Gasteiger partial charge in [0.1, 0.15) is 0 Å². The fraction of sp³-hybridized carbons (Fsp3) is 0. The lowest BCUT2D eigenvalue weighted by Gasteiger charge is -2.03. The van der Waals surface area contributed by atoms with Crippen molar-refractivity contribution in [3.63, 3.8) is 0 Å². The van der Waals surface area contributed by atoms with E-state index in [1.807, 2.05) is 0 Å². The molecule has 0 bridgehead atoms. The molecule has 0 aliphatic heterocycles. The topological polar surface area (TPSA) is 63.3 Å². The van der Waals surface area contributed by atoms with Crippen molar-refractivity contribution in [3.05, 3.63) is 22.2 Å². The summed E-state index contributed by atoms with van der Waals surface area (Å²) in [5, 5.41) is 8.69. The smallest absolute Gasteiger partial charge is 0.336 e. The van der Waals surface area contributed by atoms with Crippen LogP contribution in [0.1, 0.15) is 10.4 Å². The molecule has 0 aromatic heterocycles. The number of carbonyl (C=O) groups is 1. The van der Waals surface area contributed by atoms with Crippen LogP contribution in [0, 0.1) is 0 Å². The summed E-state index contributed by atoms with van der Waals surface area (Å²) in [6.45, 7) is 0. The van der Waals surface area contributed by atoms with Gasteiger partial charge in [0.15, 0.2) is 0 Å². The summed E-state index contributed by atoms with van der Waals surface area (Å²) in [4.78, 5) is 10.9. The Bertz CT molecular complexity index is 340. The quantitative estimate of drug-likeness (QED) is 0.526. The minimum Gasteiger partial charge on any atom is -0.478 e. The van der Waals surface area contributed by atoms with Crippen LogP contribution < -0.4 is 5.73 Å². The van der Waals surface area contributed by atoms with Gasteiger partial charge >= 0.3 is 5.97 Å². The molecule has 0 unspecified atom stereocenters. The summed E-state index contributed by atoms with van der Waals surface area (Å²) < 4.78 is 0.634. The number of carboxylic acids is 1. The molecule has 3 N–H and O–H groups in total. The van der Waals surface area contributed by atoms with Gasteiger partial charge in [0.2, 0.25) is 0 Å². The van der Waals surface area contributed by atoms with E-state index < -0.39 is 5.97 Å². The van der Waals surface area contributed by atoms with Crippen molar-refractivity contribution in [2.75, 3.05) is 5.73 Å². The predicted molar refractivity (Wildman–Crippen MR) is 52.8 cm³/mol. The van der Waals surface area contributed by atoms with Crippen molar-refractivity contribution in [2.24, 2.45) is 0 Å². The lowest BCUT2D eigenvalue weighted by atomic mass is 10.2. The third kappa shape index (κ3) is 1.73. The SMILES string of the molecule is Nc1cc(Br)cc(C(=O)O)c1S. The highest BCUT2D eigenvalue weighted by Crippen LogP contribution is 2.26. The molecule has 0 spiro atoms. The van der Waals surface area contributed by atoms with Crippen LogP contribution in [-0.4, -0.2) is 11.1 Å². The first-order chi connectivity index (χ1) is 5.52. The number of thiol groups is 1. The van der Waals surface area contributed by atoms with Crippen LogP contribution in [0.25, 0.3) is 0 Å². The summed E-state index contributed by atoms with van der Waals surface area (Å²) in [5.74, 6) is -1.03. The van der Waals surface area contributed by atoms with Crippen molar-refractivity contribution in [1.29, 1.82) is 0 Å². The Hall–Kier alpha value is -0.680. The number of hydrogen-bond donors (Lipinski definition) is 3. The van der Waals surface area contributed by atoms with E-state index in [4.69, 9.17) is 10.8 Å². The second-order valence-corrected chi connectivity index (χ2v) is 3.56. The molecule has 12 heavy (non-hydrogen) atoms. The van der Waals surface area contributed by atoms with Crippen LogP contribution in [-0.2, 0) is 0 Å². The second-order valence-electron chi connectivity index (χ2n) is 2.20. The highest BCUT2D eigenvalue weighted by atomic mass is 79.9. The zero-order valence-corrected chi connectivity index (χ0v) is 8.39. The molecule has 0 aliphatic carbocycles. The van der Waals surface area contributed by atoms with Crippen LogP contribution >= 0.6 is 28.6 Å². The van der Waals surface area contributed by atoms with Gasteiger partial charge in [-0.2, -0.15) is 0 Å². The van der Waals surface area contributed by atoms with Crippen LogP contribution in [0.2, 0.25) is 0 Å². The molecule has 0 amide bonds. The van der Waals surface area contributed by atoms with Gasteiger partial charge in [-0.25, -0.2) is 4.79 Å². The summed E-state index contributed by atoms with van der Waals surface area (Å²) in [6.07, 6.45) is 0. The molecule has 0 fully saturated rings. The Balaban J connectivity index is 3.37. The molecule has 3 nitrogen and oxygen atoms in total. The lowest BCUT2D eigenvalue weighted by molar-refractivity contribution is 0.0693.